The Labute approximate surface area is 94.1 Å². The number of hydrogen-bond acceptors (Lipinski definition) is 2. The lowest BCUT2D eigenvalue weighted by Crippen LogP contribution is -2.36. The summed E-state index contributed by atoms with van der Waals surface area (Å²) in [5.41, 5.74) is 5.01. The van der Waals surface area contributed by atoms with Crippen LogP contribution in [0.1, 0.15) is 32.6 Å². The number of carbonyl (C=O) groups is 2. The quantitative estimate of drug-likeness (QED) is 0.742. The van der Waals surface area contributed by atoms with Crippen molar-refractivity contribution in [2.45, 2.75) is 38.6 Å². The van der Waals surface area contributed by atoms with Crippen molar-refractivity contribution in [3.8, 4) is 0 Å². The number of nitrogens with two attached hydrogens (primary N) is 1. The molecule has 16 heavy (non-hydrogen) atoms. The molecule has 0 aromatic rings. The second kappa shape index (κ2) is 5.48. The van der Waals surface area contributed by atoms with E-state index in [9.17, 15) is 9.59 Å². The minimum absolute atomic E-state index is 0.0597. The molecule has 1 aliphatic heterocycles. The van der Waals surface area contributed by atoms with E-state index < -0.39 is 12.0 Å². The van der Waals surface area contributed by atoms with Gasteiger partial charge >= 0.3 is 12.0 Å². The van der Waals surface area contributed by atoms with E-state index >= 15 is 0 Å². The van der Waals surface area contributed by atoms with Gasteiger partial charge in [-0.15, -0.1) is 0 Å². The summed E-state index contributed by atoms with van der Waals surface area (Å²) in [4.78, 5) is 27.0. The maximum Gasteiger partial charge on any atom is 0.339 e. The molecule has 0 bridgehead atoms. The maximum atomic E-state index is 10.7. The fraction of sp³-hybridized carbons (Fsp3) is 0.700. The van der Waals surface area contributed by atoms with Crippen molar-refractivity contribution < 1.29 is 14.7 Å². The fourth-order valence-electron chi connectivity index (χ4n) is 2.02. The summed E-state index contributed by atoms with van der Waals surface area (Å²) in [6.45, 7) is 2.71. The number of aliphatic carboxylic acids is 1. The molecule has 1 rings (SSSR count). The molecular weight excluding hydrogens is 210 g/mol. The molecule has 0 aromatic heterocycles. The highest BCUT2D eigenvalue weighted by Crippen LogP contribution is 2.22. The van der Waals surface area contributed by atoms with Crippen LogP contribution < -0.4 is 5.73 Å². The van der Waals surface area contributed by atoms with Crippen LogP contribution in [-0.4, -0.2) is 40.4 Å². The van der Waals surface area contributed by atoms with Crippen LogP contribution in [0.15, 0.2) is 4.99 Å². The minimum atomic E-state index is -0.827. The predicted octanol–water partition coefficient (Wildman–Crippen LogP) is 0.813. The first kappa shape index (κ1) is 12.5. The second-order valence-electron chi connectivity index (χ2n) is 3.85. The number of primary amides is 1. The van der Waals surface area contributed by atoms with Crippen LogP contribution in [0.2, 0.25) is 0 Å². The highest BCUT2D eigenvalue weighted by molar-refractivity contribution is 5.94. The first-order chi connectivity index (χ1) is 7.54. The Morgan fingerprint density at radius 2 is 2.31 bits per heavy atom. The zero-order valence-electron chi connectivity index (χ0n) is 9.35. The number of amidine groups is 1. The summed E-state index contributed by atoms with van der Waals surface area (Å²) in [5, 5.41) is 8.77. The van der Waals surface area contributed by atoms with Gasteiger partial charge in [-0.05, 0) is 12.8 Å². The SMILES string of the molecule is CCCN1C(=NC(N)=O)CCC1CC(=O)O. The fourth-order valence-corrected chi connectivity index (χ4v) is 2.02. The van der Waals surface area contributed by atoms with Crippen molar-refractivity contribution in [1.82, 2.24) is 4.90 Å². The molecule has 90 valence electrons. The van der Waals surface area contributed by atoms with E-state index in [1.807, 2.05) is 11.8 Å². The van der Waals surface area contributed by atoms with E-state index in [0.29, 0.717) is 18.8 Å². The van der Waals surface area contributed by atoms with E-state index in [4.69, 9.17) is 10.8 Å². The maximum absolute atomic E-state index is 10.7. The first-order valence-electron chi connectivity index (χ1n) is 5.40. The average Bonchev–Trinajstić information content (AvgIpc) is 2.49. The lowest BCUT2D eigenvalue weighted by atomic mass is 10.1. The topological polar surface area (TPSA) is 96.0 Å². The number of aliphatic imine (C=N–C) groups is 1. The number of urea groups is 1. The third-order valence-corrected chi connectivity index (χ3v) is 2.59. The molecule has 1 fully saturated rings. The van der Waals surface area contributed by atoms with Crippen LogP contribution >= 0.6 is 0 Å². The van der Waals surface area contributed by atoms with Gasteiger partial charge in [0, 0.05) is 19.0 Å². The van der Waals surface area contributed by atoms with Crippen molar-refractivity contribution in [3.63, 3.8) is 0 Å². The Bertz CT molecular complexity index is 314. The third kappa shape index (κ3) is 3.22. The molecule has 2 amide bonds. The molecular formula is C10H17N3O3. The number of carbonyl (C=O) groups excluding carboxylic acids is 1. The van der Waals surface area contributed by atoms with E-state index in [2.05, 4.69) is 4.99 Å². The summed E-state index contributed by atoms with van der Waals surface area (Å²) in [6, 6.07) is -0.775. The van der Waals surface area contributed by atoms with Crippen LogP contribution in [0.3, 0.4) is 0 Å². The molecule has 1 unspecified atom stereocenters. The average molecular weight is 227 g/mol. The van der Waals surface area contributed by atoms with Gasteiger partial charge in [0.25, 0.3) is 0 Å². The Balaban J connectivity index is 2.75. The van der Waals surface area contributed by atoms with Crippen molar-refractivity contribution in [2.75, 3.05) is 6.54 Å². The third-order valence-electron chi connectivity index (χ3n) is 2.59. The molecule has 1 aliphatic rings. The Kier molecular flexibility index (Phi) is 4.28. The molecule has 0 spiro atoms. The van der Waals surface area contributed by atoms with Gasteiger partial charge < -0.3 is 15.7 Å². The summed E-state index contributed by atoms with van der Waals surface area (Å²) >= 11 is 0. The number of rotatable bonds is 4. The van der Waals surface area contributed by atoms with Gasteiger partial charge in [-0.25, -0.2) is 4.79 Å². The molecule has 0 aliphatic carbocycles. The van der Waals surface area contributed by atoms with Crippen LogP contribution in [0.5, 0.6) is 0 Å². The number of carboxylic acid groups (broad SMARTS) is 1. The number of amides is 2. The van der Waals surface area contributed by atoms with E-state index in [1.54, 1.807) is 0 Å². The molecule has 6 heteroatoms. The summed E-state index contributed by atoms with van der Waals surface area (Å²) in [5.74, 6) is -0.202. The zero-order chi connectivity index (χ0) is 12.1. The first-order valence-corrected chi connectivity index (χ1v) is 5.40. The number of hydrogen-bond donors (Lipinski definition) is 2. The van der Waals surface area contributed by atoms with E-state index in [1.165, 1.54) is 0 Å². The largest absolute Gasteiger partial charge is 0.481 e. The molecule has 1 heterocycles. The van der Waals surface area contributed by atoms with Gasteiger partial charge in [0.2, 0.25) is 0 Å². The highest BCUT2D eigenvalue weighted by Gasteiger charge is 2.30. The standard InChI is InChI=1S/C10H17N3O3/c1-2-5-13-7(6-9(14)15)3-4-8(13)12-10(11)16/h7H,2-6H2,1H3,(H2,11,16)(H,14,15). The van der Waals surface area contributed by atoms with Crippen molar-refractivity contribution >= 4 is 17.8 Å². The van der Waals surface area contributed by atoms with Gasteiger partial charge in [-0.1, -0.05) is 6.92 Å². The Morgan fingerprint density at radius 3 is 2.81 bits per heavy atom. The predicted molar refractivity (Wildman–Crippen MR) is 59.3 cm³/mol. The molecule has 3 N–H and O–H groups in total. The van der Waals surface area contributed by atoms with Crippen molar-refractivity contribution in [2.24, 2.45) is 10.7 Å². The van der Waals surface area contributed by atoms with Crippen LogP contribution in [-0.2, 0) is 4.79 Å². The van der Waals surface area contributed by atoms with Crippen LogP contribution in [0, 0.1) is 0 Å². The Hall–Kier alpha value is -1.59. The highest BCUT2D eigenvalue weighted by atomic mass is 16.4. The zero-order valence-corrected chi connectivity index (χ0v) is 9.35. The molecule has 1 saturated heterocycles. The molecule has 0 radical (unpaired) electrons. The lowest BCUT2D eigenvalue weighted by molar-refractivity contribution is -0.138. The van der Waals surface area contributed by atoms with Gasteiger partial charge in [0.1, 0.15) is 5.84 Å². The van der Waals surface area contributed by atoms with Gasteiger partial charge in [-0.2, -0.15) is 4.99 Å². The number of likely N-dealkylation sites (tertiary alicyclic amines) is 1. The van der Waals surface area contributed by atoms with Gasteiger partial charge in [0.05, 0.1) is 6.42 Å². The lowest BCUT2D eigenvalue weighted by Gasteiger charge is -2.25. The molecule has 1 atom stereocenters. The van der Waals surface area contributed by atoms with Gasteiger partial charge in [-0.3, -0.25) is 4.79 Å². The molecule has 0 saturated carbocycles. The number of carboxylic acids is 1. The van der Waals surface area contributed by atoms with Crippen LogP contribution in [0.4, 0.5) is 4.79 Å². The van der Waals surface area contributed by atoms with Crippen molar-refractivity contribution in [3.05, 3.63) is 0 Å². The monoisotopic (exact) mass is 227 g/mol. The molecule has 0 aromatic carbocycles. The Morgan fingerprint density at radius 1 is 1.62 bits per heavy atom. The van der Waals surface area contributed by atoms with E-state index in [-0.39, 0.29) is 12.5 Å². The second-order valence-corrected chi connectivity index (χ2v) is 3.85. The number of nitrogens with zero attached hydrogens (tertiary/aromatic N) is 2. The normalized spacial score (nSPS) is 22.7. The van der Waals surface area contributed by atoms with E-state index in [0.717, 1.165) is 12.8 Å². The summed E-state index contributed by atoms with van der Waals surface area (Å²) in [7, 11) is 0. The minimum Gasteiger partial charge on any atom is -0.481 e. The smallest absolute Gasteiger partial charge is 0.339 e. The summed E-state index contributed by atoms with van der Waals surface area (Å²) < 4.78 is 0. The van der Waals surface area contributed by atoms with Crippen LogP contribution in [0.25, 0.3) is 0 Å². The summed E-state index contributed by atoms with van der Waals surface area (Å²) in [6.07, 6.45) is 2.31. The van der Waals surface area contributed by atoms with Crippen molar-refractivity contribution in [1.29, 1.82) is 0 Å². The van der Waals surface area contributed by atoms with Gasteiger partial charge in [0.15, 0.2) is 0 Å². The molecule has 6 nitrogen and oxygen atoms in total.